The molecule has 0 atom stereocenters. The van der Waals surface area contributed by atoms with Crippen LogP contribution in [-0.2, 0) is 0 Å². The van der Waals surface area contributed by atoms with Crippen LogP contribution < -0.4 is 0 Å². The van der Waals surface area contributed by atoms with Crippen LogP contribution in [0.15, 0.2) is 18.5 Å². The molecule has 0 aliphatic rings. The van der Waals surface area contributed by atoms with Gasteiger partial charge in [-0.1, -0.05) is 0 Å². The molecule has 5 heteroatoms. The van der Waals surface area contributed by atoms with Gasteiger partial charge in [0, 0.05) is 5.39 Å². The van der Waals surface area contributed by atoms with Crippen molar-refractivity contribution in [2.75, 3.05) is 0 Å². The van der Waals surface area contributed by atoms with E-state index in [0.717, 1.165) is 10.1 Å². The summed E-state index contributed by atoms with van der Waals surface area (Å²) in [4.78, 5) is 10.9. The van der Waals surface area contributed by atoms with Gasteiger partial charge in [-0.05, 0) is 6.07 Å². The van der Waals surface area contributed by atoms with Gasteiger partial charge in [-0.25, -0.2) is 4.79 Å². The smallest absolute Gasteiger partial charge is 0.345 e. The molecule has 2 aromatic heterocycles. The average molecular weight is 180 g/mol. The Hall–Kier alpha value is -1.49. The molecule has 0 radical (unpaired) electrons. The highest BCUT2D eigenvalue weighted by Crippen LogP contribution is 2.23. The number of hydrogen-bond acceptors (Lipinski definition) is 4. The van der Waals surface area contributed by atoms with Crippen molar-refractivity contribution in [2.45, 2.75) is 0 Å². The number of nitrogens with zero attached hydrogens (tertiary/aromatic N) is 2. The fourth-order valence-corrected chi connectivity index (χ4v) is 1.75. The number of fused-ring (bicyclic) bond motifs is 1. The van der Waals surface area contributed by atoms with E-state index in [0.29, 0.717) is 4.88 Å². The molecule has 60 valence electrons. The molecule has 0 saturated carbocycles. The number of hydrogen-bond donors (Lipinski definition) is 1. The number of aromatic nitrogens is 2. The van der Waals surface area contributed by atoms with Gasteiger partial charge in [-0.15, -0.1) is 11.3 Å². The third kappa shape index (κ3) is 1.04. The van der Waals surface area contributed by atoms with Crippen LogP contribution in [0, 0.1) is 0 Å². The zero-order valence-electron chi connectivity index (χ0n) is 5.89. The summed E-state index contributed by atoms with van der Waals surface area (Å²) < 4.78 is 0.849. The van der Waals surface area contributed by atoms with Crippen LogP contribution in [0.5, 0.6) is 0 Å². The molecule has 0 bridgehead atoms. The molecule has 2 heterocycles. The van der Waals surface area contributed by atoms with Crippen LogP contribution in [-0.4, -0.2) is 21.3 Å². The minimum absolute atomic E-state index is 0.319. The number of carbonyl (C=O) groups is 1. The third-order valence-corrected chi connectivity index (χ3v) is 2.51. The van der Waals surface area contributed by atoms with E-state index in [1.54, 1.807) is 18.5 Å². The second-order valence-electron chi connectivity index (χ2n) is 2.22. The lowest BCUT2D eigenvalue weighted by molar-refractivity contribution is 0.0702. The van der Waals surface area contributed by atoms with Gasteiger partial charge in [0.25, 0.3) is 0 Å². The van der Waals surface area contributed by atoms with Gasteiger partial charge in [0.05, 0.1) is 17.1 Å². The highest BCUT2D eigenvalue weighted by molar-refractivity contribution is 7.20. The Morgan fingerprint density at radius 1 is 1.42 bits per heavy atom. The van der Waals surface area contributed by atoms with Crippen LogP contribution in [0.25, 0.3) is 10.1 Å². The first kappa shape index (κ1) is 7.17. The standard InChI is InChI=1S/C7H4N2O2S/c10-7(11)5-1-4-2-8-9-3-6(4)12-5/h1-3H,(H,10,11). The zero-order chi connectivity index (χ0) is 8.55. The maximum atomic E-state index is 10.5. The van der Waals surface area contributed by atoms with E-state index in [1.807, 2.05) is 0 Å². The highest BCUT2D eigenvalue weighted by Gasteiger charge is 2.07. The second kappa shape index (κ2) is 2.53. The normalized spacial score (nSPS) is 10.3. The molecule has 0 aliphatic heterocycles. The molecule has 2 rings (SSSR count). The van der Waals surface area contributed by atoms with Gasteiger partial charge < -0.3 is 5.11 Å². The largest absolute Gasteiger partial charge is 0.477 e. The number of carboxylic acid groups (broad SMARTS) is 1. The minimum atomic E-state index is -0.906. The Morgan fingerprint density at radius 3 is 2.83 bits per heavy atom. The van der Waals surface area contributed by atoms with Gasteiger partial charge >= 0.3 is 5.97 Å². The van der Waals surface area contributed by atoms with Crippen molar-refractivity contribution < 1.29 is 9.90 Å². The summed E-state index contributed by atoms with van der Waals surface area (Å²) in [6.45, 7) is 0. The zero-order valence-corrected chi connectivity index (χ0v) is 6.71. The highest BCUT2D eigenvalue weighted by atomic mass is 32.1. The molecule has 2 aromatic rings. The van der Waals surface area contributed by atoms with E-state index in [4.69, 9.17) is 5.11 Å². The second-order valence-corrected chi connectivity index (χ2v) is 3.31. The van der Waals surface area contributed by atoms with E-state index in [9.17, 15) is 4.79 Å². The van der Waals surface area contributed by atoms with Crippen molar-refractivity contribution in [1.82, 2.24) is 10.2 Å². The van der Waals surface area contributed by atoms with E-state index in [1.165, 1.54) is 11.3 Å². The van der Waals surface area contributed by atoms with E-state index in [2.05, 4.69) is 10.2 Å². The molecule has 0 saturated heterocycles. The maximum absolute atomic E-state index is 10.5. The summed E-state index contributed by atoms with van der Waals surface area (Å²) in [5.41, 5.74) is 0. The Bertz CT molecular complexity index is 405. The molecular formula is C7H4N2O2S. The van der Waals surface area contributed by atoms with Gasteiger partial charge in [-0.2, -0.15) is 10.2 Å². The first-order valence-electron chi connectivity index (χ1n) is 3.21. The summed E-state index contributed by atoms with van der Waals surface area (Å²) in [5, 5.41) is 16.8. The Morgan fingerprint density at radius 2 is 2.17 bits per heavy atom. The SMILES string of the molecule is O=C(O)c1cc2cnncc2s1. The minimum Gasteiger partial charge on any atom is -0.477 e. The lowest BCUT2D eigenvalue weighted by Gasteiger charge is -1.80. The molecule has 4 nitrogen and oxygen atoms in total. The van der Waals surface area contributed by atoms with Crippen LogP contribution in [0.3, 0.4) is 0 Å². The van der Waals surface area contributed by atoms with Crippen molar-refractivity contribution >= 4 is 27.4 Å². The van der Waals surface area contributed by atoms with Crippen molar-refractivity contribution in [1.29, 1.82) is 0 Å². The molecular weight excluding hydrogens is 176 g/mol. The van der Waals surface area contributed by atoms with Gasteiger partial charge in [0.1, 0.15) is 4.88 Å². The van der Waals surface area contributed by atoms with Crippen LogP contribution in [0.2, 0.25) is 0 Å². The lowest BCUT2D eigenvalue weighted by Crippen LogP contribution is -1.89. The van der Waals surface area contributed by atoms with Crippen LogP contribution >= 0.6 is 11.3 Å². The fraction of sp³-hybridized carbons (Fsp3) is 0. The molecule has 0 fully saturated rings. The van der Waals surface area contributed by atoms with Crippen molar-refractivity contribution in [3.63, 3.8) is 0 Å². The maximum Gasteiger partial charge on any atom is 0.345 e. The summed E-state index contributed by atoms with van der Waals surface area (Å²) in [7, 11) is 0. The molecule has 0 spiro atoms. The quantitative estimate of drug-likeness (QED) is 0.720. The Kier molecular flexibility index (Phi) is 1.51. The molecule has 0 unspecified atom stereocenters. The molecule has 1 N–H and O–H groups in total. The summed E-state index contributed by atoms with van der Waals surface area (Å²) in [6, 6.07) is 1.59. The molecule has 0 amide bonds. The Labute approximate surface area is 71.5 Å². The number of thiophene rings is 1. The fourth-order valence-electron chi connectivity index (χ4n) is 0.908. The van der Waals surface area contributed by atoms with E-state index < -0.39 is 5.97 Å². The predicted molar refractivity (Wildman–Crippen MR) is 44.4 cm³/mol. The number of carboxylic acids is 1. The van der Waals surface area contributed by atoms with Crippen LogP contribution in [0.4, 0.5) is 0 Å². The van der Waals surface area contributed by atoms with Crippen molar-refractivity contribution in [3.05, 3.63) is 23.3 Å². The summed E-state index contributed by atoms with van der Waals surface area (Å²) in [5.74, 6) is -0.906. The summed E-state index contributed by atoms with van der Waals surface area (Å²) in [6.07, 6.45) is 3.12. The topological polar surface area (TPSA) is 63.1 Å². The Balaban J connectivity index is 2.70. The summed E-state index contributed by atoms with van der Waals surface area (Å²) >= 11 is 1.20. The van der Waals surface area contributed by atoms with E-state index >= 15 is 0 Å². The molecule has 12 heavy (non-hydrogen) atoms. The average Bonchev–Trinajstić information content (AvgIpc) is 2.46. The first-order chi connectivity index (χ1) is 5.77. The first-order valence-corrected chi connectivity index (χ1v) is 4.02. The number of aromatic carboxylic acids is 1. The monoisotopic (exact) mass is 180 g/mol. The van der Waals surface area contributed by atoms with Crippen molar-refractivity contribution in [2.24, 2.45) is 0 Å². The molecule has 0 aromatic carbocycles. The lowest BCUT2D eigenvalue weighted by atomic mass is 10.3. The van der Waals surface area contributed by atoms with Gasteiger partial charge in [0.2, 0.25) is 0 Å². The predicted octanol–water partition coefficient (Wildman–Crippen LogP) is 1.39. The molecule has 0 aliphatic carbocycles. The third-order valence-electron chi connectivity index (χ3n) is 1.44. The van der Waals surface area contributed by atoms with Gasteiger partial charge in [-0.3, -0.25) is 0 Å². The van der Waals surface area contributed by atoms with Gasteiger partial charge in [0.15, 0.2) is 0 Å². The van der Waals surface area contributed by atoms with Crippen molar-refractivity contribution in [3.8, 4) is 0 Å². The van der Waals surface area contributed by atoms with Crippen LogP contribution in [0.1, 0.15) is 9.67 Å². The van der Waals surface area contributed by atoms with E-state index in [-0.39, 0.29) is 0 Å². The number of rotatable bonds is 1.